The third-order valence-corrected chi connectivity index (χ3v) is 2.47. The molecule has 1 aliphatic rings. The molecular weight excluding hydrogens is 210 g/mol. The number of carbonyl (C=O) groups excluding carboxylic acids is 1. The number of aliphatic hydroxyl groups is 1. The van der Waals surface area contributed by atoms with Gasteiger partial charge in [0.2, 0.25) is 0 Å². The predicted octanol–water partition coefficient (Wildman–Crippen LogP) is 0.782. The van der Waals surface area contributed by atoms with Gasteiger partial charge in [-0.15, -0.1) is 0 Å². The van der Waals surface area contributed by atoms with Crippen LogP contribution in [0, 0.1) is 0 Å². The number of aliphatic hydroxyl groups excluding tert-OH is 1. The van der Waals surface area contributed by atoms with Crippen molar-refractivity contribution in [2.45, 2.75) is 18.9 Å². The van der Waals surface area contributed by atoms with Crippen LogP contribution in [0.3, 0.4) is 0 Å². The molecule has 16 heavy (non-hydrogen) atoms. The summed E-state index contributed by atoms with van der Waals surface area (Å²) in [6, 6.07) is 0. The Morgan fingerprint density at radius 3 is 2.75 bits per heavy atom. The number of rotatable bonds is 5. The van der Waals surface area contributed by atoms with E-state index >= 15 is 0 Å². The van der Waals surface area contributed by atoms with E-state index in [2.05, 4.69) is 6.58 Å². The minimum Gasteiger partial charge on any atom is -0.445 e. The molecule has 0 aliphatic carbocycles. The van der Waals surface area contributed by atoms with Crippen molar-refractivity contribution in [1.82, 2.24) is 4.90 Å². The first kappa shape index (κ1) is 13.0. The number of hydrogen-bond donors (Lipinski definition) is 1. The molecule has 0 aromatic heterocycles. The van der Waals surface area contributed by atoms with Gasteiger partial charge in [-0.3, -0.25) is 0 Å². The molecular formula is C11H19NO4. The van der Waals surface area contributed by atoms with E-state index in [1.807, 2.05) is 0 Å². The second-order valence-corrected chi connectivity index (χ2v) is 3.65. The predicted molar refractivity (Wildman–Crippen MR) is 59.2 cm³/mol. The van der Waals surface area contributed by atoms with Gasteiger partial charge in [-0.05, 0) is 12.8 Å². The van der Waals surface area contributed by atoms with Gasteiger partial charge >= 0.3 is 6.09 Å². The van der Waals surface area contributed by atoms with Crippen LogP contribution in [0.2, 0.25) is 0 Å². The van der Waals surface area contributed by atoms with Gasteiger partial charge < -0.3 is 19.5 Å². The summed E-state index contributed by atoms with van der Waals surface area (Å²) in [6.07, 6.45) is 3.00. The monoisotopic (exact) mass is 229 g/mol. The largest absolute Gasteiger partial charge is 0.445 e. The lowest BCUT2D eigenvalue weighted by molar-refractivity contribution is -0.00734. The highest BCUT2D eigenvalue weighted by Gasteiger charge is 2.23. The first-order valence-electron chi connectivity index (χ1n) is 5.53. The van der Waals surface area contributed by atoms with Gasteiger partial charge in [-0.1, -0.05) is 12.7 Å². The summed E-state index contributed by atoms with van der Waals surface area (Å²) in [5, 5.41) is 8.62. The zero-order chi connectivity index (χ0) is 11.8. The fraction of sp³-hybridized carbons (Fsp3) is 0.727. The summed E-state index contributed by atoms with van der Waals surface area (Å²) in [5.41, 5.74) is 0. The standard InChI is InChI=1S/C11H19NO4/c1-2-8-16-11(14)12-5-3-10(4-6-12)15-9-7-13/h2,10,13H,1,3-9H2. The minimum absolute atomic E-state index is 0.0432. The van der Waals surface area contributed by atoms with Crippen molar-refractivity contribution in [2.24, 2.45) is 0 Å². The summed E-state index contributed by atoms with van der Waals surface area (Å²) < 4.78 is 10.3. The van der Waals surface area contributed by atoms with E-state index in [-0.39, 0.29) is 25.4 Å². The molecule has 0 aromatic carbocycles. The summed E-state index contributed by atoms with van der Waals surface area (Å²) in [4.78, 5) is 13.1. The minimum atomic E-state index is -0.291. The van der Waals surface area contributed by atoms with E-state index in [0.717, 1.165) is 12.8 Å². The quantitative estimate of drug-likeness (QED) is 0.708. The van der Waals surface area contributed by atoms with Crippen molar-refractivity contribution in [3.8, 4) is 0 Å². The molecule has 5 heteroatoms. The molecule has 0 bridgehead atoms. The van der Waals surface area contributed by atoms with Gasteiger partial charge in [0.1, 0.15) is 6.61 Å². The Hall–Kier alpha value is -1.07. The maximum absolute atomic E-state index is 11.5. The molecule has 0 spiro atoms. The summed E-state index contributed by atoms with van der Waals surface area (Å²) in [5.74, 6) is 0. The van der Waals surface area contributed by atoms with Crippen LogP contribution in [-0.4, -0.2) is 55.1 Å². The summed E-state index contributed by atoms with van der Waals surface area (Å²) in [7, 11) is 0. The van der Waals surface area contributed by atoms with E-state index in [4.69, 9.17) is 14.6 Å². The van der Waals surface area contributed by atoms with Gasteiger partial charge in [0.15, 0.2) is 0 Å². The second kappa shape index (κ2) is 7.24. The second-order valence-electron chi connectivity index (χ2n) is 3.65. The van der Waals surface area contributed by atoms with Crippen molar-refractivity contribution >= 4 is 6.09 Å². The molecule has 1 fully saturated rings. The number of carbonyl (C=O) groups is 1. The van der Waals surface area contributed by atoms with Crippen LogP contribution < -0.4 is 0 Å². The maximum Gasteiger partial charge on any atom is 0.410 e. The molecule has 0 unspecified atom stereocenters. The molecule has 1 amide bonds. The lowest BCUT2D eigenvalue weighted by Crippen LogP contribution is -2.41. The molecule has 5 nitrogen and oxygen atoms in total. The average Bonchev–Trinajstić information content (AvgIpc) is 2.34. The van der Waals surface area contributed by atoms with Crippen molar-refractivity contribution in [2.75, 3.05) is 32.9 Å². The fourth-order valence-electron chi connectivity index (χ4n) is 1.65. The Kier molecular flexibility index (Phi) is 5.88. The van der Waals surface area contributed by atoms with Gasteiger partial charge in [0, 0.05) is 13.1 Å². The Bertz CT molecular complexity index is 224. The maximum atomic E-state index is 11.5. The Morgan fingerprint density at radius 1 is 1.50 bits per heavy atom. The number of amides is 1. The molecule has 1 N–H and O–H groups in total. The summed E-state index contributed by atoms with van der Waals surface area (Å²) in [6.45, 7) is 5.43. The smallest absolute Gasteiger partial charge is 0.410 e. The zero-order valence-corrected chi connectivity index (χ0v) is 9.43. The summed E-state index contributed by atoms with van der Waals surface area (Å²) >= 11 is 0. The highest BCUT2D eigenvalue weighted by Crippen LogP contribution is 2.14. The zero-order valence-electron chi connectivity index (χ0n) is 9.43. The Balaban J connectivity index is 2.20. The van der Waals surface area contributed by atoms with Crippen molar-refractivity contribution in [1.29, 1.82) is 0 Å². The molecule has 1 rings (SSSR count). The van der Waals surface area contributed by atoms with Gasteiger partial charge in [-0.2, -0.15) is 0 Å². The molecule has 92 valence electrons. The van der Waals surface area contributed by atoms with Gasteiger partial charge in [0.05, 0.1) is 19.3 Å². The molecule has 1 saturated heterocycles. The Labute approximate surface area is 95.6 Å². The number of ether oxygens (including phenoxy) is 2. The number of likely N-dealkylation sites (tertiary alicyclic amines) is 1. The van der Waals surface area contributed by atoms with Crippen LogP contribution in [-0.2, 0) is 9.47 Å². The molecule has 0 radical (unpaired) electrons. The van der Waals surface area contributed by atoms with Crippen LogP contribution in [0.15, 0.2) is 12.7 Å². The third kappa shape index (κ3) is 4.20. The lowest BCUT2D eigenvalue weighted by atomic mass is 10.1. The van der Waals surface area contributed by atoms with Gasteiger partial charge in [0.25, 0.3) is 0 Å². The van der Waals surface area contributed by atoms with E-state index in [1.54, 1.807) is 11.0 Å². The van der Waals surface area contributed by atoms with E-state index in [1.165, 1.54) is 0 Å². The average molecular weight is 229 g/mol. The first-order chi connectivity index (χ1) is 7.77. The highest BCUT2D eigenvalue weighted by molar-refractivity contribution is 5.67. The van der Waals surface area contributed by atoms with E-state index in [0.29, 0.717) is 19.7 Å². The van der Waals surface area contributed by atoms with Crippen LogP contribution in [0.25, 0.3) is 0 Å². The topological polar surface area (TPSA) is 59.0 Å². The fourth-order valence-corrected chi connectivity index (χ4v) is 1.65. The normalized spacial score (nSPS) is 17.2. The number of piperidine rings is 1. The van der Waals surface area contributed by atoms with Crippen LogP contribution in [0.4, 0.5) is 4.79 Å². The molecule has 1 heterocycles. The van der Waals surface area contributed by atoms with Gasteiger partial charge in [-0.25, -0.2) is 4.79 Å². The van der Waals surface area contributed by atoms with E-state index < -0.39 is 0 Å². The van der Waals surface area contributed by atoms with Crippen LogP contribution in [0.1, 0.15) is 12.8 Å². The number of hydrogen-bond acceptors (Lipinski definition) is 4. The lowest BCUT2D eigenvalue weighted by Gasteiger charge is -2.30. The molecule has 0 aromatic rings. The first-order valence-corrected chi connectivity index (χ1v) is 5.53. The molecule has 0 saturated carbocycles. The van der Waals surface area contributed by atoms with E-state index in [9.17, 15) is 4.79 Å². The SMILES string of the molecule is C=CCOC(=O)N1CCC(OCCO)CC1. The molecule has 0 atom stereocenters. The van der Waals surface area contributed by atoms with Crippen molar-refractivity contribution in [3.63, 3.8) is 0 Å². The van der Waals surface area contributed by atoms with Crippen LogP contribution >= 0.6 is 0 Å². The number of nitrogens with zero attached hydrogens (tertiary/aromatic N) is 1. The van der Waals surface area contributed by atoms with Crippen LogP contribution in [0.5, 0.6) is 0 Å². The third-order valence-electron chi connectivity index (χ3n) is 2.47. The van der Waals surface area contributed by atoms with Crippen molar-refractivity contribution in [3.05, 3.63) is 12.7 Å². The van der Waals surface area contributed by atoms with Crippen molar-refractivity contribution < 1.29 is 19.4 Å². The molecule has 1 aliphatic heterocycles. The highest BCUT2D eigenvalue weighted by atomic mass is 16.6. The Morgan fingerprint density at radius 2 is 2.19 bits per heavy atom.